The molecule has 178 valence electrons. The third-order valence-electron chi connectivity index (χ3n) is 3.78. The lowest BCUT2D eigenvalue weighted by molar-refractivity contribution is -0.137. The van der Waals surface area contributed by atoms with Crippen LogP contribution in [0.15, 0.2) is 0 Å². The molecule has 0 radical (unpaired) electrons. The number of carbonyl (C=O) groups is 2. The summed E-state index contributed by atoms with van der Waals surface area (Å²) in [6.07, 6.45) is -1.40. The Hall–Kier alpha value is -0.640. The normalized spacial score (nSPS) is 15.5. The molecule has 0 aliphatic rings. The van der Waals surface area contributed by atoms with E-state index in [1.54, 1.807) is 11.8 Å². The third-order valence-corrected chi connectivity index (χ3v) is 5.79. The molecule has 0 aliphatic heterocycles. The van der Waals surface area contributed by atoms with Gasteiger partial charge in [0, 0.05) is 30.7 Å². The molecule has 0 aromatic carbocycles. The fourth-order valence-corrected chi connectivity index (χ4v) is 3.78. The molecular weight excluding hydrogens is 431 g/mol. The van der Waals surface area contributed by atoms with Crippen LogP contribution in [-0.2, 0) is 23.2 Å². The van der Waals surface area contributed by atoms with Gasteiger partial charge in [0.05, 0.1) is 13.2 Å². The number of thioether (sulfide) groups is 1. The van der Waals surface area contributed by atoms with Crippen molar-refractivity contribution in [1.29, 1.82) is 0 Å². The van der Waals surface area contributed by atoms with Crippen LogP contribution in [0.5, 0.6) is 0 Å². The summed E-state index contributed by atoms with van der Waals surface area (Å²) in [5.74, 6) is -0.0549. The maximum Gasteiger partial charge on any atom is 0.472 e. The predicted octanol–water partition coefficient (Wildman–Crippen LogP) is 2.32. The van der Waals surface area contributed by atoms with Crippen LogP contribution >= 0.6 is 19.6 Å². The van der Waals surface area contributed by atoms with Crippen molar-refractivity contribution in [3.63, 3.8) is 0 Å². The van der Waals surface area contributed by atoms with Crippen molar-refractivity contribution >= 4 is 31.4 Å². The van der Waals surface area contributed by atoms with Crippen molar-refractivity contribution in [3.05, 3.63) is 0 Å². The van der Waals surface area contributed by atoms with E-state index in [4.69, 9.17) is 9.05 Å². The molecule has 0 spiro atoms. The van der Waals surface area contributed by atoms with E-state index in [0.29, 0.717) is 11.8 Å². The molecule has 0 heterocycles. The molecule has 30 heavy (non-hydrogen) atoms. The summed E-state index contributed by atoms with van der Waals surface area (Å²) < 4.78 is 21.9. The van der Waals surface area contributed by atoms with Gasteiger partial charge in [0.1, 0.15) is 6.10 Å². The Kier molecular flexibility index (Phi) is 12.8. The summed E-state index contributed by atoms with van der Waals surface area (Å²) in [5.41, 5.74) is -1.47. The molecule has 0 saturated carbocycles. The van der Waals surface area contributed by atoms with Crippen molar-refractivity contribution in [2.24, 2.45) is 10.8 Å². The molecule has 0 saturated heterocycles. The van der Waals surface area contributed by atoms with Crippen molar-refractivity contribution in [2.45, 2.75) is 66.2 Å². The van der Waals surface area contributed by atoms with Gasteiger partial charge in [-0.2, -0.15) is 11.8 Å². The SMILES string of the molecule is CC(C)SCCNC(=O)CCNC(=O)C(O)C(C)(C)COP(=O)(O)OCC(C)(C)C. The first kappa shape index (κ1) is 29.4. The minimum Gasteiger partial charge on any atom is -0.383 e. The molecule has 2 atom stereocenters. The Labute approximate surface area is 184 Å². The molecule has 0 fully saturated rings. The minimum absolute atomic E-state index is 0.0163. The van der Waals surface area contributed by atoms with E-state index in [9.17, 15) is 24.2 Å². The topological polar surface area (TPSA) is 134 Å². The van der Waals surface area contributed by atoms with Crippen LogP contribution in [-0.4, -0.2) is 65.2 Å². The lowest BCUT2D eigenvalue weighted by Crippen LogP contribution is -2.46. The van der Waals surface area contributed by atoms with Gasteiger partial charge in [-0.1, -0.05) is 48.5 Å². The second kappa shape index (κ2) is 13.0. The van der Waals surface area contributed by atoms with Gasteiger partial charge in [0.15, 0.2) is 0 Å². The summed E-state index contributed by atoms with van der Waals surface area (Å²) in [7, 11) is -4.31. The number of phosphoric acid groups is 1. The zero-order valence-corrected chi connectivity index (χ0v) is 20.9. The Morgan fingerprint density at radius 3 is 2.13 bits per heavy atom. The van der Waals surface area contributed by atoms with Gasteiger partial charge in [-0.15, -0.1) is 0 Å². The Balaban J connectivity index is 4.33. The quantitative estimate of drug-likeness (QED) is 0.224. The highest BCUT2D eigenvalue weighted by Crippen LogP contribution is 2.46. The third kappa shape index (κ3) is 14.4. The number of hydrogen-bond donors (Lipinski definition) is 4. The summed E-state index contributed by atoms with van der Waals surface area (Å²) in [6.45, 7) is 13.0. The van der Waals surface area contributed by atoms with Crippen LogP contribution in [0.1, 0.15) is 54.9 Å². The van der Waals surface area contributed by atoms with E-state index in [0.717, 1.165) is 5.75 Å². The Bertz CT molecular complexity index is 594. The van der Waals surface area contributed by atoms with Gasteiger partial charge < -0.3 is 20.6 Å². The average Bonchev–Trinajstić information content (AvgIpc) is 2.61. The fourth-order valence-electron chi connectivity index (χ4n) is 1.96. The van der Waals surface area contributed by atoms with Crippen LogP contribution in [0.25, 0.3) is 0 Å². The second-order valence-corrected chi connectivity index (χ2v) is 12.4. The highest BCUT2D eigenvalue weighted by Gasteiger charge is 2.37. The zero-order valence-electron chi connectivity index (χ0n) is 19.2. The maximum atomic E-state index is 12.2. The lowest BCUT2D eigenvalue weighted by Gasteiger charge is -2.30. The van der Waals surface area contributed by atoms with Crippen LogP contribution < -0.4 is 10.6 Å². The van der Waals surface area contributed by atoms with E-state index >= 15 is 0 Å². The number of carbonyl (C=O) groups excluding carboxylic acids is 2. The van der Waals surface area contributed by atoms with Crippen LogP contribution in [0.4, 0.5) is 0 Å². The van der Waals surface area contributed by atoms with E-state index in [1.807, 2.05) is 20.8 Å². The highest BCUT2D eigenvalue weighted by atomic mass is 32.2. The molecule has 2 amide bonds. The van der Waals surface area contributed by atoms with E-state index in [2.05, 4.69) is 24.5 Å². The van der Waals surface area contributed by atoms with Gasteiger partial charge in [-0.3, -0.25) is 18.6 Å². The molecular formula is C19H39N2O7PS. The molecule has 2 unspecified atom stereocenters. The minimum atomic E-state index is -4.31. The van der Waals surface area contributed by atoms with Crippen molar-refractivity contribution in [3.8, 4) is 0 Å². The number of amides is 2. The first-order chi connectivity index (χ1) is 13.6. The van der Waals surface area contributed by atoms with Gasteiger partial charge >= 0.3 is 7.82 Å². The van der Waals surface area contributed by atoms with Gasteiger partial charge in [0.25, 0.3) is 0 Å². The predicted molar refractivity (Wildman–Crippen MR) is 119 cm³/mol. The van der Waals surface area contributed by atoms with E-state index in [1.165, 1.54) is 13.8 Å². The van der Waals surface area contributed by atoms with Crippen LogP contribution in [0.2, 0.25) is 0 Å². The average molecular weight is 471 g/mol. The lowest BCUT2D eigenvalue weighted by atomic mass is 9.87. The highest BCUT2D eigenvalue weighted by molar-refractivity contribution is 7.99. The van der Waals surface area contributed by atoms with Crippen molar-refractivity contribution < 1.29 is 33.2 Å². The molecule has 4 N–H and O–H groups in total. The standard InChI is InChI=1S/C19H39N2O7PS/c1-14(2)30-11-10-20-15(22)8-9-21-17(24)16(23)19(6,7)13-28-29(25,26)27-12-18(3,4)5/h14,16,23H,8-13H2,1-7H3,(H,20,22)(H,21,24)(H,25,26). The van der Waals surface area contributed by atoms with Gasteiger partial charge in [-0.05, 0) is 10.7 Å². The molecule has 0 bridgehead atoms. The van der Waals surface area contributed by atoms with Crippen molar-refractivity contribution in [2.75, 3.05) is 32.1 Å². The first-order valence-corrected chi connectivity index (χ1v) is 12.6. The van der Waals surface area contributed by atoms with E-state index < -0.39 is 25.2 Å². The molecule has 9 nitrogen and oxygen atoms in total. The van der Waals surface area contributed by atoms with Crippen LogP contribution in [0, 0.1) is 10.8 Å². The molecule has 0 aromatic rings. The van der Waals surface area contributed by atoms with E-state index in [-0.39, 0.29) is 37.5 Å². The molecule has 0 aromatic heterocycles. The largest absolute Gasteiger partial charge is 0.472 e. The summed E-state index contributed by atoms with van der Waals surface area (Å²) in [6, 6.07) is 0. The monoisotopic (exact) mass is 470 g/mol. The number of rotatable bonds is 14. The number of phosphoric ester groups is 1. The Morgan fingerprint density at radius 1 is 1.03 bits per heavy atom. The number of nitrogens with one attached hydrogen (secondary N) is 2. The fraction of sp³-hybridized carbons (Fsp3) is 0.895. The van der Waals surface area contributed by atoms with Crippen LogP contribution in [0.3, 0.4) is 0 Å². The summed E-state index contributed by atoms with van der Waals surface area (Å²) in [5, 5.41) is 16.0. The first-order valence-electron chi connectivity index (χ1n) is 10.0. The molecule has 0 aliphatic carbocycles. The van der Waals surface area contributed by atoms with Gasteiger partial charge in [-0.25, -0.2) is 4.57 Å². The summed E-state index contributed by atoms with van der Waals surface area (Å²) >= 11 is 1.74. The number of aliphatic hydroxyl groups is 1. The number of hydrogen-bond acceptors (Lipinski definition) is 7. The summed E-state index contributed by atoms with van der Waals surface area (Å²) in [4.78, 5) is 33.7. The molecule has 11 heteroatoms. The second-order valence-electron chi connectivity index (χ2n) is 9.28. The van der Waals surface area contributed by atoms with Crippen molar-refractivity contribution in [1.82, 2.24) is 10.6 Å². The smallest absolute Gasteiger partial charge is 0.383 e. The zero-order chi connectivity index (χ0) is 23.6. The molecule has 0 rings (SSSR count). The number of aliphatic hydroxyl groups excluding tert-OH is 1. The van der Waals surface area contributed by atoms with Gasteiger partial charge in [0.2, 0.25) is 11.8 Å². The Morgan fingerprint density at radius 2 is 1.60 bits per heavy atom. The maximum absolute atomic E-state index is 12.2.